The number of nitro groups is 1. The topological polar surface area (TPSA) is 93.0 Å². The lowest BCUT2D eigenvalue weighted by atomic mass is 10.2. The van der Waals surface area contributed by atoms with E-state index in [4.69, 9.17) is 4.74 Å². The van der Waals surface area contributed by atoms with Gasteiger partial charge in [0, 0.05) is 43.3 Å². The van der Waals surface area contributed by atoms with Gasteiger partial charge in [-0.1, -0.05) is 36.4 Å². The van der Waals surface area contributed by atoms with Gasteiger partial charge >= 0.3 is 0 Å². The first-order valence-electron chi connectivity index (χ1n) is 11.0. The van der Waals surface area contributed by atoms with E-state index in [-0.39, 0.29) is 37.2 Å². The molecule has 1 aromatic heterocycles. The van der Waals surface area contributed by atoms with E-state index in [1.165, 1.54) is 30.2 Å². The van der Waals surface area contributed by atoms with Gasteiger partial charge in [-0.25, -0.2) is 0 Å². The normalized spacial score (nSPS) is 10.9. The maximum absolute atomic E-state index is 13.3. The van der Waals surface area contributed by atoms with Gasteiger partial charge in [0.05, 0.1) is 18.1 Å². The lowest BCUT2D eigenvalue weighted by Crippen LogP contribution is -2.43. The molecule has 3 rings (SSSR count). The van der Waals surface area contributed by atoms with E-state index in [9.17, 15) is 19.7 Å². The Labute approximate surface area is 208 Å². The third-order valence-corrected chi connectivity index (χ3v) is 6.08. The van der Waals surface area contributed by atoms with Crippen molar-refractivity contribution in [1.29, 1.82) is 0 Å². The third-order valence-electron chi connectivity index (χ3n) is 5.22. The van der Waals surface area contributed by atoms with Crippen molar-refractivity contribution in [2.75, 3.05) is 26.8 Å². The summed E-state index contributed by atoms with van der Waals surface area (Å²) in [5.74, 6) is -0.514. The first-order chi connectivity index (χ1) is 17.0. The number of benzene rings is 2. The fourth-order valence-electron chi connectivity index (χ4n) is 3.34. The van der Waals surface area contributed by atoms with E-state index in [1.54, 1.807) is 34.4 Å². The molecule has 0 N–H and O–H groups in total. The number of hydrogen-bond acceptors (Lipinski definition) is 6. The zero-order chi connectivity index (χ0) is 25.0. The molecule has 0 aliphatic rings. The van der Waals surface area contributed by atoms with Crippen molar-refractivity contribution in [3.05, 3.63) is 104 Å². The Morgan fingerprint density at radius 2 is 1.74 bits per heavy atom. The van der Waals surface area contributed by atoms with Crippen LogP contribution in [-0.4, -0.2) is 53.3 Å². The third kappa shape index (κ3) is 8.16. The molecule has 0 atom stereocenters. The highest BCUT2D eigenvalue weighted by Gasteiger charge is 2.21. The van der Waals surface area contributed by atoms with Crippen LogP contribution in [0.5, 0.6) is 0 Å². The average Bonchev–Trinajstić information content (AvgIpc) is 3.38. The minimum Gasteiger partial charge on any atom is -0.383 e. The van der Waals surface area contributed by atoms with Crippen LogP contribution in [0.3, 0.4) is 0 Å². The lowest BCUT2D eigenvalue weighted by Gasteiger charge is -2.27. The van der Waals surface area contributed by atoms with E-state index in [2.05, 4.69) is 0 Å². The molecule has 2 amide bonds. The Kier molecular flexibility index (Phi) is 9.70. The largest absolute Gasteiger partial charge is 0.383 e. The first-order valence-corrected chi connectivity index (χ1v) is 11.9. The summed E-state index contributed by atoms with van der Waals surface area (Å²) in [6.45, 7) is 1.34. The van der Waals surface area contributed by atoms with Crippen LogP contribution in [-0.2, 0) is 27.4 Å². The Bertz CT molecular complexity index is 1130. The highest BCUT2D eigenvalue weighted by Crippen LogP contribution is 2.16. The molecule has 9 heteroatoms. The number of methoxy groups -OCH3 is 1. The Balaban J connectivity index is 1.72. The quantitative estimate of drug-likeness (QED) is 0.212. The highest BCUT2D eigenvalue weighted by molar-refractivity contribution is 7.09. The molecule has 0 aliphatic heterocycles. The van der Waals surface area contributed by atoms with Crippen LogP contribution in [0.15, 0.2) is 78.2 Å². The van der Waals surface area contributed by atoms with Gasteiger partial charge in [0.1, 0.15) is 6.54 Å². The highest BCUT2D eigenvalue weighted by atomic mass is 32.1. The maximum atomic E-state index is 13.3. The minimum atomic E-state index is -0.478. The monoisotopic (exact) mass is 493 g/mol. The summed E-state index contributed by atoms with van der Waals surface area (Å²) in [5, 5.41) is 12.8. The summed E-state index contributed by atoms with van der Waals surface area (Å²) in [6, 6.07) is 19.5. The molecular formula is C26H27N3O5S. The van der Waals surface area contributed by atoms with Gasteiger partial charge in [0.25, 0.3) is 5.69 Å². The van der Waals surface area contributed by atoms with Crippen molar-refractivity contribution in [1.82, 2.24) is 9.80 Å². The zero-order valence-corrected chi connectivity index (χ0v) is 20.2. The molecule has 3 aromatic rings. The predicted octanol–water partition coefficient (Wildman–Crippen LogP) is 4.37. The molecule has 2 aromatic carbocycles. The van der Waals surface area contributed by atoms with Crippen LogP contribution in [0, 0.1) is 10.1 Å². The van der Waals surface area contributed by atoms with Gasteiger partial charge in [-0.15, -0.1) is 11.3 Å². The molecule has 0 saturated heterocycles. The molecule has 182 valence electrons. The van der Waals surface area contributed by atoms with Gasteiger partial charge in [0.15, 0.2) is 0 Å². The number of thiophene rings is 1. The minimum absolute atomic E-state index is 0.0231. The number of amides is 2. The summed E-state index contributed by atoms with van der Waals surface area (Å²) in [4.78, 5) is 40.9. The summed E-state index contributed by atoms with van der Waals surface area (Å²) in [7, 11) is 1.54. The number of non-ortho nitro benzene ring substituents is 1. The van der Waals surface area contributed by atoms with E-state index in [0.717, 1.165) is 10.4 Å². The molecule has 1 heterocycles. The first kappa shape index (κ1) is 25.8. The maximum Gasteiger partial charge on any atom is 0.269 e. The second-order valence-corrected chi connectivity index (χ2v) is 8.78. The van der Waals surface area contributed by atoms with Gasteiger partial charge in [-0.05, 0) is 40.8 Å². The molecule has 0 bridgehead atoms. The van der Waals surface area contributed by atoms with Crippen molar-refractivity contribution in [3.8, 4) is 0 Å². The van der Waals surface area contributed by atoms with Crippen LogP contribution in [0.1, 0.15) is 16.0 Å². The summed E-state index contributed by atoms with van der Waals surface area (Å²) < 4.78 is 5.14. The van der Waals surface area contributed by atoms with Crippen molar-refractivity contribution in [3.63, 3.8) is 0 Å². The molecule has 0 unspecified atom stereocenters. The van der Waals surface area contributed by atoms with Crippen molar-refractivity contribution >= 4 is 34.9 Å². The van der Waals surface area contributed by atoms with E-state index < -0.39 is 4.92 Å². The molecular weight excluding hydrogens is 466 g/mol. The lowest BCUT2D eigenvalue weighted by molar-refractivity contribution is -0.384. The standard InChI is InChI=1S/C26H27N3O5S/c1-34-16-15-27(25(30)14-11-21-9-12-23(13-10-21)29(32)33)20-26(31)28(19-24-8-5-17-35-24)18-22-6-3-2-4-7-22/h2-14,17H,15-16,18-20H2,1H3. The van der Waals surface area contributed by atoms with Gasteiger partial charge in [0.2, 0.25) is 11.8 Å². The molecule has 0 fully saturated rings. The molecule has 35 heavy (non-hydrogen) atoms. The number of rotatable bonds is 12. The number of nitro benzene ring substituents is 1. The van der Waals surface area contributed by atoms with Gasteiger partial charge < -0.3 is 14.5 Å². The fourth-order valence-corrected chi connectivity index (χ4v) is 4.06. The second-order valence-electron chi connectivity index (χ2n) is 7.75. The van der Waals surface area contributed by atoms with Crippen molar-refractivity contribution < 1.29 is 19.2 Å². The molecule has 0 radical (unpaired) electrons. The molecule has 0 saturated carbocycles. The Morgan fingerprint density at radius 1 is 1.00 bits per heavy atom. The number of nitrogens with zero attached hydrogens (tertiary/aromatic N) is 3. The van der Waals surface area contributed by atoms with Crippen LogP contribution < -0.4 is 0 Å². The zero-order valence-electron chi connectivity index (χ0n) is 19.4. The predicted molar refractivity (Wildman–Crippen MR) is 136 cm³/mol. The van der Waals surface area contributed by atoms with Crippen LogP contribution in [0.25, 0.3) is 6.08 Å². The van der Waals surface area contributed by atoms with Crippen LogP contribution in [0.2, 0.25) is 0 Å². The summed E-state index contributed by atoms with van der Waals surface area (Å²) in [5.41, 5.74) is 1.63. The van der Waals surface area contributed by atoms with Crippen molar-refractivity contribution in [2.24, 2.45) is 0 Å². The number of carbonyl (C=O) groups excluding carboxylic acids is 2. The van der Waals surface area contributed by atoms with E-state index in [0.29, 0.717) is 18.7 Å². The van der Waals surface area contributed by atoms with Gasteiger partial charge in [-0.2, -0.15) is 0 Å². The van der Waals surface area contributed by atoms with Crippen molar-refractivity contribution in [2.45, 2.75) is 13.1 Å². The number of ether oxygens (including phenoxy) is 1. The molecule has 0 spiro atoms. The van der Waals surface area contributed by atoms with E-state index >= 15 is 0 Å². The van der Waals surface area contributed by atoms with Crippen LogP contribution in [0.4, 0.5) is 5.69 Å². The SMILES string of the molecule is COCCN(CC(=O)N(Cc1ccccc1)Cc1cccs1)C(=O)C=Cc1ccc([N+](=O)[O-])cc1. The summed E-state index contributed by atoms with van der Waals surface area (Å²) >= 11 is 1.58. The number of carbonyl (C=O) groups is 2. The molecule has 8 nitrogen and oxygen atoms in total. The van der Waals surface area contributed by atoms with Gasteiger partial charge in [-0.3, -0.25) is 19.7 Å². The Morgan fingerprint density at radius 3 is 2.37 bits per heavy atom. The van der Waals surface area contributed by atoms with Crippen LogP contribution >= 0.6 is 11.3 Å². The second kappa shape index (κ2) is 13.2. The molecule has 0 aliphatic carbocycles. The number of hydrogen-bond donors (Lipinski definition) is 0. The van der Waals surface area contributed by atoms with E-state index in [1.807, 2.05) is 47.8 Å². The smallest absolute Gasteiger partial charge is 0.269 e. The summed E-state index contributed by atoms with van der Waals surface area (Å²) in [6.07, 6.45) is 2.94. The fraction of sp³-hybridized carbons (Fsp3) is 0.231. The Hall–Kier alpha value is -3.82. The average molecular weight is 494 g/mol.